The highest BCUT2D eigenvalue weighted by Gasteiger charge is 2.35. The largest absolute Gasteiger partial charge is 0.418 e. The minimum Gasteiger partial charge on any atom is -0.302 e. The van der Waals surface area contributed by atoms with Gasteiger partial charge in [0, 0.05) is 6.20 Å². The summed E-state index contributed by atoms with van der Waals surface area (Å²) in [6.45, 7) is 0. The summed E-state index contributed by atoms with van der Waals surface area (Å²) in [6.07, 6.45) is -2.92. The number of aldehydes is 1. The van der Waals surface area contributed by atoms with Crippen LogP contribution in [0.25, 0.3) is 0 Å². The number of rotatable bonds is 2. The number of hydrogen-bond acceptors (Lipinski definition) is 2. The van der Waals surface area contributed by atoms with E-state index in [1.165, 1.54) is 12.3 Å². The van der Waals surface area contributed by atoms with Crippen molar-refractivity contribution in [1.82, 2.24) is 4.98 Å². The van der Waals surface area contributed by atoms with Crippen LogP contribution in [0.4, 0.5) is 13.2 Å². The number of hydrogen-bond donors (Lipinski definition) is 0. The van der Waals surface area contributed by atoms with E-state index in [9.17, 15) is 18.0 Å². The number of carbonyl (C=O) groups excluding carboxylic acids is 1. The lowest BCUT2D eigenvalue weighted by molar-refractivity contribution is -0.138. The second-order valence-corrected chi connectivity index (χ2v) is 3.46. The smallest absolute Gasteiger partial charge is 0.302 e. The Hall–Kier alpha value is -0.430. The molecular weight excluding hydrogens is 343 g/mol. The summed E-state index contributed by atoms with van der Waals surface area (Å²) in [7, 11) is 0. The Bertz CT molecular complexity index is 343. The monoisotopic (exact) mass is 347 g/mol. The molecule has 2 nitrogen and oxygen atoms in total. The van der Waals surface area contributed by atoms with Crippen molar-refractivity contribution in [2.24, 2.45) is 0 Å². The highest BCUT2D eigenvalue weighted by molar-refractivity contribution is 9.09. The number of nitrogens with zero attached hydrogens (tertiary/aromatic N) is 1. The lowest BCUT2D eigenvalue weighted by Crippen LogP contribution is -2.12. The molecule has 0 bridgehead atoms. The molecule has 84 valence electrons. The summed E-state index contributed by atoms with van der Waals surface area (Å²) in [5, 5.41) is 0. The first-order chi connectivity index (χ1) is 6.46. The van der Waals surface area contributed by atoms with E-state index in [4.69, 9.17) is 0 Å². The van der Waals surface area contributed by atoms with E-state index in [2.05, 4.69) is 20.9 Å². The summed E-state index contributed by atoms with van der Waals surface area (Å²) in [4.78, 5) is 12.8. The first kappa shape index (κ1) is 14.6. The van der Waals surface area contributed by atoms with E-state index >= 15 is 0 Å². The van der Waals surface area contributed by atoms with Gasteiger partial charge in [-0.15, -0.1) is 17.0 Å². The summed E-state index contributed by atoms with van der Waals surface area (Å²) in [5.41, 5.74) is -1.20. The molecule has 15 heavy (non-hydrogen) atoms. The van der Waals surface area contributed by atoms with Crippen LogP contribution in [-0.2, 0) is 11.0 Å². The molecule has 1 aromatic heterocycles. The molecule has 1 heterocycles. The Labute approximate surface area is 103 Å². The van der Waals surface area contributed by atoms with Gasteiger partial charge in [0.05, 0.1) is 11.3 Å². The van der Waals surface area contributed by atoms with Gasteiger partial charge in [-0.25, -0.2) is 0 Å². The van der Waals surface area contributed by atoms with E-state index in [-0.39, 0.29) is 22.7 Å². The molecule has 1 unspecified atom stereocenters. The van der Waals surface area contributed by atoms with E-state index in [0.29, 0.717) is 6.29 Å². The van der Waals surface area contributed by atoms with Gasteiger partial charge in [0.15, 0.2) is 0 Å². The van der Waals surface area contributed by atoms with Crippen LogP contribution in [0, 0.1) is 0 Å². The fourth-order valence-corrected chi connectivity index (χ4v) is 1.31. The zero-order valence-electron chi connectivity index (χ0n) is 7.16. The molecule has 0 aromatic carbocycles. The fraction of sp³-hybridized carbons (Fsp3) is 0.250. The Morgan fingerprint density at radius 3 is 2.53 bits per heavy atom. The summed E-state index contributed by atoms with van der Waals surface area (Å²) in [6, 6.07) is 2.07. The third kappa shape index (κ3) is 3.57. The van der Waals surface area contributed by atoms with Gasteiger partial charge in [-0.05, 0) is 12.1 Å². The first-order valence-corrected chi connectivity index (χ1v) is 4.50. The Morgan fingerprint density at radius 2 is 2.07 bits per heavy atom. The summed E-state index contributed by atoms with van der Waals surface area (Å²) in [5.74, 6) is 0. The number of pyridine rings is 1. The van der Waals surface area contributed by atoms with Gasteiger partial charge < -0.3 is 4.79 Å². The molecule has 0 radical (unpaired) electrons. The molecular formula is C8H6Br2F3NO. The molecule has 0 saturated carbocycles. The van der Waals surface area contributed by atoms with Crippen LogP contribution in [0.3, 0.4) is 0 Å². The van der Waals surface area contributed by atoms with E-state index in [0.717, 1.165) is 6.07 Å². The Balaban J connectivity index is 0.00000196. The van der Waals surface area contributed by atoms with Crippen molar-refractivity contribution in [2.45, 2.75) is 11.0 Å². The zero-order valence-corrected chi connectivity index (χ0v) is 10.5. The number of halogens is 5. The fourth-order valence-electron chi connectivity index (χ4n) is 0.941. The Kier molecular flexibility index (Phi) is 5.44. The van der Waals surface area contributed by atoms with Crippen LogP contribution in [0.5, 0.6) is 0 Å². The van der Waals surface area contributed by atoms with E-state index in [1.807, 2.05) is 0 Å². The van der Waals surface area contributed by atoms with Crippen LogP contribution >= 0.6 is 32.9 Å². The standard InChI is InChI=1S/C8H5BrF3NO.BrH/c9-6(4-14)7-5(8(10,11)12)2-1-3-13-7;/h1-4,6H;1H. The minimum absolute atomic E-state index is 0. The average molecular weight is 349 g/mol. The zero-order chi connectivity index (χ0) is 10.8. The number of alkyl halides is 4. The molecule has 7 heteroatoms. The SMILES string of the molecule is Br.O=CC(Br)c1ncccc1C(F)(F)F. The normalized spacial score (nSPS) is 12.8. The lowest BCUT2D eigenvalue weighted by atomic mass is 10.1. The topological polar surface area (TPSA) is 30.0 Å². The second kappa shape index (κ2) is 5.60. The lowest BCUT2D eigenvalue weighted by Gasteiger charge is -2.11. The molecule has 0 fully saturated rings. The maximum Gasteiger partial charge on any atom is 0.418 e. The molecule has 0 saturated heterocycles. The van der Waals surface area contributed by atoms with Crippen LogP contribution in [0.2, 0.25) is 0 Å². The van der Waals surface area contributed by atoms with E-state index < -0.39 is 16.6 Å². The van der Waals surface area contributed by atoms with Crippen molar-refractivity contribution >= 4 is 39.2 Å². The van der Waals surface area contributed by atoms with Crippen molar-refractivity contribution in [3.8, 4) is 0 Å². The van der Waals surface area contributed by atoms with Gasteiger partial charge in [0.2, 0.25) is 0 Å². The van der Waals surface area contributed by atoms with Crippen LogP contribution in [0.15, 0.2) is 18.3 Å². The summed E-state index contributed by atoms with van der Waals surface area (Å²) >= 11 is 2.80. The van der Waals surface area contributed by atoms with Gasteiger partial charge in [-0.2, -0.15) is 13.2 Å². The predicted octanol–water partition coefficient (Wildman–Crippen LogP) is 3.31. The predicted molar refractivity (Wildman–Crippen MR) is 57.3 cm³/mol. The molecule has 0 aliphatic heterocycles. The van der Waals surface area contributed by atoms with Gasteiger partial charge in [-0.1, -0.05) is 15.9 Å². The van der Waals surface area contributed by atoms with Crippen molar-refractivity contribution in [2.75, 3.05) is 0 Å². The summed E-state index contributed by atoms with van der Waals surface area (Å²) < 4.78 is 37.1. The van der Waals surface area contributed by atoms with Crippen LogP contribution in [0.1, 0.15) is 16.1 Å². The van der Waals surface area contributed by atoms with Crippen LogP contribution in [-0.4, -0.2) is 11.3 Å². The van der Waals surface area contributed by atoms with Crippen molar-refractivity contribution in [1.29, 1.82) is 0 Å². The Morgan fingerprint density at radius 1 is 1.47 bits per heavy atom. The van der Waals surface area contributed by atoms with Crippen molar-refractivity contribution in [3.63, 3.8) is 0 Å². The second-order valence-electron chi connectivity index (χ2n) is 2.47. The molecule has 1 atom stereocenters. The molecule has 0 aliphatic rings. The number of carbonyl (C=O) groups is 1. The number of aromatic nitrogens is 1. The molecule has 1 rings (SSSR count). The quantitative estimate of drug-likeness (QED) is 0.606. The maximum absolute atomic E-state index is 12.4. The first-order valence-electron chi connectivity index (χ1n) is 3.58. The van der Waals surface area contributed by atoms with Crippen LogP contribution < -0.4 is 0 Å². The average Bonchev–Trinajstić information content (AvgIpc) is 2.15. The van der Waals surface area contributed by atoms with Gasteiger partial charge in [0.1, 0.15) is 11.1 Å². The molecule has 0 spiro atoms. The highest BCUT2D eigenvalue weighted by Crippen LogP contribution is 2.34. The van der Waals surface area contributed by atoms with Gasteiger partial charge >= 0.3 is 6.18 Å². The minimum atomic E-state index is -4.49. The van der Waals surface area contributed by atoms with Crippen molar-refractivity contribution in [3.05, 3.63) is 29.6 Å². The van der Waals surface area contributed by atoms with Gasteiger partial charge in [0.25, 0.3) is 0 Å². The third-order valence-corrected chi connectivity index (χ3v) is 2.17. The molecule has 0 N–H and O–H groups in total. The third-order valence-electron chi connectivity index (χ3n) is 1.52. The van der Waals surface area contributed by atoms with Crippen molar-refractivity contribution < 1.29 is 18.0 Å². The highest BCUT2D eigenvalue weighted by atomic mass is 79.9. The maximum atomic E-state index is 12.4. The molecule has 1 aromatic rings. The molecule has 0 amide bonds. The molecule has 0 aliphatic carbocycles. The van der Waals surface area contributed by atoms with Gasteiger partial charge in [-0.3, -0.25) is 4.98 Å². The van der Waals surface area contributed by atoms with E-state index in [1.54, 1.807) is 0 Å².